The summed E-state index contributed by atoms with van der Waals surface area (Å²) in [5.41, 5.74) is 0.722. The molecule has 1 N–H and O–H groups in total. The second-order valence-corrected chi connectivity index (χ2v) is 3.69. The van der Waals surface area contributed by atoms with Crippen molar-refractivity contribution in [1.82, 2.24) is 5.32 Å². The van der Waals surface area contributed by atoms with Crippen LogP contribution < -0.4 is 5.32 Å². The minimum Gasteiger partial charge on any atom is -0.359 e. The van der Waals surface area contributed by atoms with E-state index in [-0.39, 0.29) is 0 Å². The van der Waals surface area contributed by atoms with Gasteiger partial charge in [-0.25, -0.2) is 0 Å². The summed E-state index contributed by atoms with van der Waals surface area (Å²) in [4.78, 5) is 9.29. The Morgan fingerprint density at radius 3 is 1.69 bits per heavy atom. The molecule has 1 fully saturated rings. The van der Waals surface area contributed by atoms with Crippen molar-refractivity contribution in [2.45, 2.75) is 53.9 Å². The molecule has 1 aliphatic carbocycles. The van der Waals surface area contributed by atoms with Crippen molar-refractivity contribution in [3.05, 3.63) is 0 Å². The van der Waals surface area contributed by atoms with Crippen LogP contribution in [0, 0.1) is 5.41 Å². The molecule has 1 amide bonds. The van der Waals surface area contributed by atoms with Crippen LogP contribution in [0.2, 0.25) is 0 Å². The molecule has 2 heteroatoms. The summed E-state index contributed by atoms with van der Waals surface area (Å²) in [7, 11) is 0. The predicted molar refractivity (Wildman–Crippen MR) is 58.7 cm³/mol. The van der Waals surface area contributed by atoms with Gasteiger partial charge in [0.1, 0.15) is 0 Å². The lowest BCUT2D eigenvalue weighted by atomic mass is 9.72. The normalized spacial score (nSPS) is 16.4. The molecular formula is C11H25NO. The van der Waals surface area contributed by atoms with Crippen LogP contribution in [0.15, 0.2) is 0 Å². The van der Waals surface area contributed by atoms with Gasteiger partial charge in [0.25, 0.3) is 0 Å². The number of rotatable bonds is 2. The molecule has 0 heterocycles. The van der Waals surface area contributed by atoms with Crippen LogP contribution in [0.25, 0.3) is 0 Å². The van der Waals surface area contributed by atoms with Crippen LogP contribution in [-0.4, -0.2) is 13.0 Å². The molecule has 80 valence electrons. The molecule has 0 aromatic heterocycles. The predicted octanol–water partition coefficient (Wildman–Crippen LogP) is 2.98. The van der Waals surface area contributed by atoms with Crippen LogP contribution >= 0.6 is 0 Å². The first-order chi connectivity index (χ1) is 6.12. The van der Waals surface area contributed by atoms with Crippen LogP contribution in [0.4, 0.5) is 0 Å². The molecule has 0 atom stereocenters. The van der Waals surface area contributed by atoms with Gasteiger partial charge in [-0.2, -0.15) is 0 Å². The highest BCUT2D eigenvalue weighted by Crippen LogP contribution is 2.38. The lowest BCUT2D eigenvalue weighted by Crippen LogP contribution is -2.20. The highest BCUT2D eigenvalue weighted by atomic mass is 16.1. The van der Waals surface area contributed by atoms with Gasteiger partial charge in [0.15, 0.2) is 0 Å². The maximum atomic E-state index is 9.29. The molecule has 1 aliphatic rings. The second-order valence-electron chi connectivity index (χ2n) is 3.69. The van der Waals surface area contributed by atoms with E-state index >= 15 is 0 Å². The average molecular weight is 187 g/mol. The Morgan fingerprint density at radius 1 is 1.31 bits per heavy atom. The number of carbonyl (C=O) groups excluding carboxylic acids is 1. The van der Waals surface area contributed by atoms with E-state index in [0.29, 0.717) is 6.41 Å². The zero-order valence-corrected chi connectivity index (χ0v) is 9.81. The van der Waals surface area contributed by atoms with Crippen molar-refractivity contribution >= 4 is 6.41 Å². The average Bonchev–Trinajstić information content (AvgIpc) is 2.08. The third-order valence-electron chi connectivity index (χ3n) is 1.99. The summed E-state index contributed by atoms with van der Waals surface area (Å²) in [6, 6.07) is 0. The number of amides is 1. The lowest BCUT2D eigenvalue weighted by Gasteiger charge is -2.33. The Morgan fingerprint density at radius 2 is 1.69 bits per heavy atom. The molecular weight excluding hydrogens is 162 g/mol. The fraction of sp³-hybridized carbons (Fsp3) is 0.909. The summed E-state index contributed by atoms with van der Waals surface area (Å²) in [5.74, 6) is 0. The van der Waals surface area contributed by atoms with Gasteiger partial charge in [0.05, 0.1) is 0 Å². The maximum Gasteiger partial charge on any atom is 0.207 e. The maximum absolute atomic E-state index is 9.29. The molecule has 0 radical (unpaired) electrons. The fourth-order valence-corrected chi connectivity index (χ4v) is 0.967. The van der Waals surface area contributed by atoms with E-state index in [1.54, 1.807) is 0 Å². The molecule has 1 rings (SSSR count). The number of carbonyl (C=O) groups is 1. The Bertz CT molecular complexity index is 105. The number of nitrogens with one attached hydrogen (secondary N) is 1. The minimum absolute atomic E-state index is 0.681. The molecule has 13 heavy (non-hydrogen) atoms. The SMILES string of the molecule is CC.CC1(C)CCC1.CCNC=O. The van der Waals surface area contributed by atoms with Crippen molar-refractivity contribution in [2.24, 2.45) is 5.41 Å². The van der Waals surface area contributed by atoms with Crippen molar-refractivity contribution < 1.29 is 4.79 Å². The summed E-state index contributed by atoms with van der Waals surface area (Å²) < 4.78 is 0. The lowest BCUT2D eigenvalue weighted by molar-refractivity contribution is -0.109. The standard InChI is InChI=1S/C6H12.C3H7NO.C2H6/c1-6(2)4-3-5-6;1-2-4-3-5;1-2/h3-5H2,1-2H3;3H,2H2,1H3,(H,4,5);1-2H3. The van der Waals surface area contributed by atoms with Gasteiger partial charge in [-0.3, -0.25) is 4.79 Å². The van der Waals surface area contributed by atoms with E-state index in [9.17, 15) is 4.79 Å². The summed E-state index contributed by atoms with van der Waals surface area (Å²) >= 11 is 0. The van der Waals surface area contributed by atoms with E-state index in [1.807, 2.05) is 20.8 Å². The summed E-state index contributed by atoms with van der Waals surface area (Å²) in [5, 5.41) is 2.43. The molecule has 0 aliphatic heterocycles. The third-order valence-corrected chi connectivity index (χ3v) is 1.99. The zero-order valence-electron chi connectivity index (χ0n) is 9.81. The van der Waals surface area contributed by atoms with Gasteiger partial charge in [-0.15, -0.1) is 0 Å². The molecule has 0 unspecified atom stereocenters. The Labute approximate surface area is 83.1 Å². The van der Waals surface area contributed by atoms with Gasteiger partial charge < -0.3 is 5.32 Å². The van der Waals surface area contributed by atoms with E-state index in [0.717, 1.165) is 12.0 Å². The Kier molecular flexibility index (Phi) is 11.0. The molecule has 0 aromatic carbocycles. The molecule has 0 bridgehead atoms. The van der Waals surface area contributed by atoms with E-state index < -0.39 is 0 Å². The van der Waals surface area contributed by atoms with Gasteiger partial charge in [0.2, 0.25) is 6.41 Å². The van der Waals surface area contributed by atoms with Crippen LogP contribution in [0.3, 0.4) is 0 Å². The fourth-order valence-electron chi connectivity index (χ4n) is 0.967. The molecule has 0 aromatic rings. The van der Waals surface area contributed by atoms with Gasteiger partial charge in [0, 0.05) is 6.54 Å². The zero-order chi connectivity index (χ0) is 10.7. The first kappa shape index (κ1) is 15.0. The Hall–Kier alpha value is -0.530. The largest absolute Gasteiger partial charge is 0.359 e. The molecule has 1 saturated carbocycles. The summed E-state index contributed by atoms with van der Waals surface area (Å²) in [6.45, 7) is 11.3. The first-order valence-corrected chi connectivity index (χ1v) is 5.29. The van der Waals surface area contributed by atoms with Gasteiger partial charge >= 0.3 is 0 Å². The van der Waals surface area contributed by atoms with E-state index in [2.05, 4.69) is 19.2 Å². The molecule has 0 saturated heterocycles. The topological polar surface area (TPSA) is 29.1 Å². The number of hydrogen-bond donors (Lipinski definition) is 1. The molecule has 0 spiro atoms. The van der Waals surface area contributed by atoms with Crippen molar-refractivity contribution in [1.29, 1.82) is 0 Å². The Balaban J connectivity index is 0. The van der Waals surface area contributed by atoms with Crippen molar-refractivity contribution in [3.63, 3.8) is 0 Å². The van der Waals surface area contributed by atoms with Gasteiger partial charge in [-0.1, -0.05) is 34.1 Å². The highest BCUT2D eigenvalue weighted by Gasteiger charge is 2.24. The quantitative estimate of drug-likeness (QED) is 0.662. The van der Waals surface area contributed by atoms with Crippen LogP contribution in [0.5, 0.6) is 0 Å². The smallest absolute Gasteiger partial charge is 0.207 e. The van der Waals surface area contributed by atoms with E-state index in [4.69, 9.17) is 0 Å². The minimum atomic E-state index is 0.681. The van der Waals surface area contributed by atoms with E-state index in [1.165, 1.54) is 19.3 Å². The highest BCUT2D eigenvalue weighted by molar-refractivity contribution is 5.45. The van der Waals surface area contributed by atoms with Crippen molar-refractivity contribution in [2.75, 3.05) is 6.54 Å². The van der Waals surface area contributed by atoms with Crippen LogP contribution in [0.1, 0.15) is 53.9 Å². The first-order valence-electron chi connectivity index (χ1n) is 5.29. The van der Waals surface area contributed by atoms with Crippen molar-refractivity contribution in [3.8, 4) is 0 Å². The second kappa shape index (κ2) is 9.56. The molecule has 2 nitrogen and oxygen atoms in total. The summed E-state index contributed by atoms with van der Waals surface area (Å²) in [6.07, 6.45) is 5.05. The van der Waals surface area contributed by atoms with Gasteiger partial charge in [-0.05, 0) is 25.2 Å². The number of hydrogen-bond acceptors (Lipinski definition) is 1. The van der Waals surface area contributed by atoms with Crippen LogP contribution in [-0.2, 0) is 4.79 Å². The monoisotopic (exact) mass is 187 g/mol. The third kappa shape index (κ3) is 11.5.